The number of ether oxygens (including phenoxy) is 1. The number of hydrogen-bond acceptors (Lipinski definition) is 3. The lowest BCUT2D eigenvalue weighted by Crippen LogP contribution is -2.32. The minimum atomic E-state index is -0.508. The number of carbonyl (C=O) groups is 2. The highest BCUT2D eigenvalue weighted by Gasteiger charge is 2.10. The molecule has 1 N–H and O–H groups in total. The van der Waals surface area contributed by atoms with E-state index in [1.54, 1.807) is 24.3 Å². The Kier molecular flexibility index (Phi) is 4.95. The van der Waals surface area contributed by atoms with Crippen LogP contribution in [0.4, 0.5) is 0 Å². The lowest BCUT2D eigenvalue weighted by Gasteiger charge is -2.09. The summed E-state index contributed by atoms with van der Waals surface area (Å²) in [7, 11) is 0. The normalized spacial score (nSPS) is 10.3. The summed E-state index contributed by atoms with van der Waals surface area (Å²) in [5.74, 6) is -0.328. The van der Waals surface area contributed by atoms with E-state index >= 15 is 0 Å². The van der Waals surface area contributed by atoms with Crippen molar-refractivity contribution >= 4 is 11.9 Å². The minimum Gasteiger partial charge on any atom is -0.425 e. The van der Waals surface area contributed by atoms with E-state index in [0.29, 0.717) is 11.3 Å². The van der Waals surface area contributed by atoms with Crippen molar-refractivity contribution in [3.8, 4) is 11.4 Å². The number of aryl methyl sites for hydroxylation is 1. The summed E-state index contributed by atoms with van der Waals surface area (Å²) in [6, 6.07) is 18.2. The van der Waals surface area contributed by atoms with Crippen LogP contribution in [0.5, 0.6) is 5.75 Å². The van der Waals surface area contributed by atoms with E-state index in [1.165, 1.54) is 0 Å². The first-order chi connectivity index (χ1) is 12.1. The Morgan fingerprint density at radius 2 is 1.64 bits per heavy atom. The first-order valence-corrected chi connectivity index (χ1v) is 7.91. The Balaban J connectivity index is 1.55. The molecule has 0 saturated heterocycles. The molecule has 0 saturated carbocycles. The molecule has 1 aromatic heterocycles. The monoisotopic (exact) mass is 334 g/mol. The maximum Gasteiger partial charge on any atom is 0.330 e. The number of aromatic nitrogens is 1. The van der Waals surface area contributed by atoms with E-state index in [4.69, 9.17) is 4.74 Å². The van der Waals surface area contributed by atoms with Gasteiger partial charge in [0.2, 0.25) is 0 Å². The molecule has 0 spiro atoms. The SMILES string of the molecule is Cc1ccccc1OC(=O)CNC(=O)c1ccc(-n2cccc2)cc1. The minimum absolute atomic E-state index is 0.188. The molecule has 0 radical (unpaired) electrons. The van der Waals surface area contributed by atoms with Gasteiger partial charge in [-0.05, 0) is 55.0 Å². The van der Waals surface area contributed by atoms with Gasteiger partial charge in [0.05, 0.1) is 0 Å². The van der Waals surface area contributed by atoms with Crippen LogP contribution in [0, 0.1) is 6.92 Å². The summed E-state index contributed by atoms with van der Waals surface area (Å²) in [5.41, 5.74) is 2.31. The molecule has 2 aromatic carbocycles. The van der Waals surface area contributed by atoms with Gasteiger partial charge in [0.1, 0.15) is 12.3 Å². The highest BCUT2D eigenvalue weighted by Crippen LogP contribution is 2.16. The Hall–Kier alpha value is -3.34. The third-order valence-electron chi connectivity index (χ3n) is 3.74. The van der Waals surface area contributed by atoms with E-state index in [9.17, 15) is 9.59 Å². The molecular formula is C20H18N2O3. The summed E-state index contributed by atoms with van der Waals surface area (Å²) < 4.78 is 7.19. The van der Waals surface area contributed by atoms with Crippen LogP contribution in [0.3, 0.4) is 0 Å². The molecule has 0 bridgehead atoms. The maximum atomic E-state index is 12.1. The maximum absolute atomic E-state index is 12.1. The van der Waals surface area contributed by atoms with Crippen molar-refractivity contribution in [2.45, 2.75) is 6.92 Å². The lowest BCUT2D eigenvalue weighted by atomic mass is 10.2. The van der Waals surface area contributed by atoms with Gasteiger partial charge in [0.25, 0.3) is 5.91 Å². The fraction of sp³-hybridized carbons (Fsp3) is 0.100. The molecular weight excluding hydrogens is 316 g/mol. The highest BCUT2D eigenvalue weighted by atomic mass is 16.5. The van der Waals surface area contributed by atoms with Gasteiger partial charge < -0.3 is 14.6 Å². The number of rotatable bonds is 5. The quantitative estimate of drug-likeness (QED) is 0.576. The molecule has 0 aliphatic rings. The second kappa shape index (κ2) is 7.49. The van der Waals surface area contributed by atoms with Crippen molar-refractivity contribution in [1.29, 1.82) is 0 Å². The van der Waals surface area contributed by atoms with Crippen molar-refractivity contribution in [2.24, 2.45) is 0 Å². The van der Waals surface area contributed by atoms with Crippen LogP contribution < -0.4 is 10.1 Å². The number of carbonyl (C=O) groups excluding carboxylic acids is 2. The van der Waals surface area contributed by atoms with E-state index in [2.05, 4.69) is 5.32 Å². The number of esters is 1. The van der Waals surface area contributed by atoms with Gasteiger partial charge in [-0.1, -0.05) is 18.2 Å². The average Bonchev–Trinajstić information content (AvgIpc) is 3.16. The Bertz CT molecular complexity index is 868. The molecule has 0 fully saturated rings. The standard InChI is InChI=1S/C20H18N2O3/c1-15-6-2-3-7-18(15)25-19(23)14-21-20(24)16-8-10-17(11-9-16)22-12-4-5-13-22/h2-13H,14H2,1H3,(H,21,24). The van der Waals surface area contributed by atoms with Gasteiger partial charge in [0, 0.05) is 23.6 Å². The Labute approximate surface area is 145 Å². The molecule has 126 valence electrons. The van der Waals surface area contributed by atoms with E-state index in [1.807, 2.05) is 60.3 Å². The number of hydrogen-bond donors (Lipinski definition) is 1. The molecule has 0 aliphatic carbocycles. The predicted octanol–water partition coefficient (Wildman–Crippen LogP) is 3.12. The first-order valence-electron chi connectivity index (χ1n) is 7.91. The fourth-order valence-corrected chi connectivity index (χ4v) is 2.38. The summed E-state index contributed by atoms with van der Waals surface area (Å²) in [4.78, 5) is 24.0. The molecule has 3 rings (SSSR count). The van der Waals surface area contributed by atoms with E-state index in [0.717, 1.165) is 11.3 Å². The first kappa shape index (κ1) is 16.5. The number of nitrogens with zero attached hydrogens (tertiary/aromatic N) is 1. The number of benzene rings is 2. The summed E-state index contributed by atoms with van der Waals surface area (Å²) in [6.07, 6.45) is 3.85. The van der Waals surface area contributed by atoms with Gasteiger partial charge in [-0.3, -0.25) is 4.79 Å². The van der Waals surface area contributed by atoms with Crippen molar-refractivity contribution < 1.29 is 14.3 Å². The smallest absolute Gasteiger partial charge is 0.330 e. The summed E-state index contributed by atoms with van der Waals surface area (Å²) >= 11 is 0. The van der Waals surface area contributed by atoms with Gasteiger partial charge in [-0.2, -0.15) is 0 Å². The van der Waals surface area contributed by atoms with Crippen LogP contribution in [0.15, 0.2) is 73.1 Å². The second-order valence-corrected chi connectivity index (χ2v) is 5.56. The van der Waals surface area contributed by atoms with Crippen LogP contribution in [0.1, 0.15) is 15.9 Å². The molecule has 5 nitrogen and oxygen atoms in total. The molecule has 1 heterocycles. The van der Waals surface area contributed by atoms with Crippen LogP contribution in [-0.4, -0.2) is 23.0 Å². The van der Waals surface area contributed by atoms with Crippen molar-refractivity contribution in [2.75, 3.05) is 6.54 Å². The highest BCUT2D eigenvalue weighted by molar-refractivity contribution is 5.96. The number of amides is 1. The van der Waals surface area contributed by atoms with Crippen molar-refractivity contribution in [1.82, 2.24) is 9.88 Å². The van der Waals surface area contributed by atoms with Crippen LogP contribution in [0.25, 0.3) is 5.69 Å². The van der Waals surface area contributed by atoms with Gasteiger partial charge in [0.15, 0.2) is 0 Å². The van der Waals surface area contributed by atoms with Crippen LogP contribution in [-0.2, 0) is 4.79 Å². The number of para-hydroxylation sites is 1. The zero-order valence-corrected chi connectivity index (χ0v) is 13.8. The lowest BCUT2D eigenvalue weighted by molar-refractivity contribution is -0.133. The van der Waals surface area contributed by atoms with Gasteiger partial charge in [-0.25, -0.2) is 4.79 Å². The predicted molar refractivity (Wildman–Crippen MR) is 94.9 cm³/mol. The van der Waals surface area contributed by atoms with Crippen LogP contribution in [0.2, 0.25) is 0 Å². The molecule has 5 heteroatoms. The van der Waals surface area contributed by atoms with Crippen LogP contribution >= 0.6 is 0 Å². The largest absolute Gasteiger partial charge is 0.425 e. The molecule has 0 unspecified atom stereocenters. The summed E-state index contributed by atoms with van der Waals surface area (Å²) in [6.45, 7) is 1.67. The third kappa shape index (κ3) is 4.14. The topological polar surface area (TPSA) is 60.3 Å². The van der Waals surface area contributed by atoms with Crippen molar-refractivity contribution in [3.63, 3.8) is 0 Å². The molecule has 0 aliphatic heterocycles. The average molecular weight is 334 g/mol. The molecule has 25 heavy (non-hydrogen) atoms. The van der Waals surface area contributed by atoms with E-state index in [-0.39, 0.29) is 12.5 Å². The van der Waals surface area contributed by atoms with E-state index < -0.39 is 5.97 Å². The van der Waals surface area contributed by atoms with Gasteiger partial charge in [-0.15, -0.1) is 0 Å². The third-order valence-corrected chi connectivity index (χ3v) is 3.74. The molecule has 1 amide bonds. The fourth-order valence-electron chi connectivity index (χ4n) is 2.38. The molecule has 0 atom stereocenters. The Morgan fingerprint density at radius 3 is 2.32 bits per heavy atom. The second-order valence-electron chi connectivity index (χ2n) is 5.56. The Morgan fingerprint density at radius 1 is 0.960 bits per heavy atom. The van der Waals surface area contributed by atoms with Gasteiger partial charge >= 0.3 is 5.97 Å². The summed E-state index contributed by atoms with van der Waals surface area (Å²) in [5, 5.41) is 2.57. The molecule has 3 aromatic rings. The zero-order valence-electron chi connectivity index (χ0n) is 13.8. The number of nitrogens with one attached hydrogen (secondary N) is 1. The van der Waals surface area contributed by atoms with Crippen molar-refractivity contribution in [3.05, 3.63) is 84.2 Å². The zero-order chi connectivity index (χ0) is 17.6.